The third kappa shape index (κ3) is 6.42. The van der Waals surface area contributed by atoms with Gasteiger partial charge in [-0.15, -0.1) is 11.8 Å². The van der Waals surface area contributed by atoms with Crippen LogP contribution in [0.5, 0.6) is 0 Å². The van der Waals surface area contributed by atoms with E-state index in [1.165, 1.54) is 5.56 Å². The fourth-order valence-corrected chi connectivity index (χ4v) is 4.93. The number of hydrogen-bond acceptors (Lipinski definition) is 5. The predicted molar refractivity (Wildman–Crippen MR) is 129 cm³/mol. The minimum atomic E-state index is -0.454. The van der Waals surface area contributed by atoms with Crippen LogP contribution < -0.4 is 10.6 Å². The third-order valence-corrected chi connectivity index (χ3v) is 6.72. The molecule has 1 saturated heterocycles. The Bertz CT molecular complexity index is 957. The number of carbonyl (C=O) groups excluding carboxylic acids is 1. The van der Waals surface area contributed by atoms with Gasteiger partial charge in [0.2, 0.25) is 5.91 Å². The van der Waals surface area contributed by atoms with Crippen molar-refractivity contribution in [3.05, 3.63) is 102 Å². The highest BCUT2D eigenvalue weighted by atomic mass is 32.2. The van der Waals surface area contributed by atoms with E-state index in [1.807, 2.05) is 54.7 Å². The molecule has 3 aromatic rings. The molecule has 0 radical (unpaired) electrons. The Balaban J connectivity index is 1.29. The number of nitrogens with zero attached hydrogens (tertiary/aromatic N) is 1. The van der Waals surface area contributed by atoms with Crippen molar-refractivity contribution in [3.63, 3.8) is 0 Å². The molecule has 1 fully saturated rings. The van der Waals surface area contributed by atoms with Gasteiger partial charge in [0.25, 0.3) is 0 Å². The van der Waals surface area contributed by atoms with Gasteiger partial charge in [-0.25, -0.2) is 0 Å². The van der Waals surface area contributed by atoms with E-state index in [0.29, 0.717) is 12.4 Å². The van der Waals surface area contributed by atoms with Crippen molar-refractivity contribution in [2.75, 3.05) is 12.4 Å². The Morgan fingerprint density at radius 1 is 1.06 bits per heavy atom. The summed E-state index contributed by atoms with van der Waals surface area (Å²) >= 11 is 1.72. The Morgan fingerprint density at radius 3 is 2.59 bits per heavy atom. The van der Waals surface area contributed by atoms with E-state index in [-0.39, 0.29) is 17.3 Å². The van der Waals surface area contributed by atoms with Crippen molar-refractivity contribution in [1.82, 2.24) is 15.6 Å². The molecule has 3 atom stereocenters. The molecule has 1 aliphatic heterocycles. The predicted octanol–water partition coefficient (Wildman–Crippen LogP) is 4.64. The quantitative estimate of drug-likeness (QED) is 0.350. The van der Waals surface area contributed by atoms with Crippen molar-refractivity contribution in [1.29, 1.82) is 0 Å². The molecule has 1 amide bonds. The molecule has 166 valence electrons. The Labute approximate surface area is 194 Å². The maximum Gasteiger partial charge on any atom is 0.240 e. The van der Waals surface area contributed by atoms with Crippen LogP contribution in [0.1, 0.15) is 41.1 Å². The second-order valence-corrected chi connectivity index (χ2v) is 8.97. The Hall–Kier alpha value is -2.67. The molecule has 1 aliphatic rings. The van der Waals surface area contributed by atoms with E-state index >= 15 is 0 Å². The first-order chi connectivity index (χ1) is 15.8. The molecule has 0 bridgehead atoms. The fraction of sp³-hybridized carbons (Fsp3) is 0.308. The lowest BCUT2D eigenvalue weighted by atomic mass is 10.1. The largest absolute Gasteiger partial charge is 0.354 e. The first-order valence-corrected chi connectivity index (χ1v) is 12.1. The first-order valence-electron chi connectivity index (χ1n) is 11.1. The van der Waals surface area contributed by atoms with Crippen LogP contribution in [-0.4, -0.2) is 29.3 Å². The van der Waals surface area contributed by atoms with Crippen molar-refractivity contribution in [3.8, 4) is 0 Å². The number of aryl methyl sites for hydroxylation is 1. The van der Waals surface area contributed by atoms with Crippen LogP contribution in [0.3, 0.4) is 0 Å². The summed E-state index contributed by atoms with van der Waals surface area (Å²) in [5, 5.41) is 6.59. The van der Waals surface area contributed by atoms with Gasteiger partial charge in [0.1, 0.15) is 0 Å². The van der Waals surface area contributed by atoms with Gasteiger partial charge in [0, 0.05) is 30.3 Å². The number of benzene rings is 2. The standard InChI is InChI=1S/C26H29N3O2S/c30-24(23-19-32-26(28-23)22-15-9-16-27-18-22)29-25(21-13-5-2-6-14-21)31-17-8-7-12-20-10-3-1-4-11-20/h1-6,9-11,13-16,18,23,25-26,28H,7-8,12,17,19H2,(H,29,30). The van der Waals surface area contributed by atoms with Crippen LogP contribution in [0.2, 0.25) is 0 Å². The van der Waals surface area contributed by atoms with Crippen LogP contribution in [0.25, 0.3) is 0 Å². The number of thioether (sulfide) groups is 1. The van der Waals surface area contributed by atoms with Crippen LogP contribution in [0, 0.1) is 0 Å². The summed E-state index contributed by atoms with van der Waals surface area (Å²) in [5.41, 5.74) is 3.38. The van der Waals surface area contributed by atoms with Crippen molar-refractivity contribution >= 4 is 17.7 Å². The number of ether oxygens (including phenoxy) is 1. The molecule has 0 aliphatic carbocycles. The lowest BCUT2D eigenvalue weighted by molar-refractivity contribution is -0.127. The van der Waals surface area contributed by atoms with Gasteiger partial charge in [-0.3, -0.25) is 15.1 Å². The smallest absolute Gasteiger partial charge is 0.240 e. The molecular weight excluding hydrogens is 418 g/mol. The highest BCUT2D eigenvalue weighted by Crippen LogP contribution is 2.32. The molecule has 2 aromatic carbocycles. The van der Waals surface area contributed by atoms with Gasteiger partial charge >= 0.3 is 0 Å². The summed E-state index contributed by atoms with van der Waals surface area (Å²) in [5.74, 6) is 0.672. The maximum absolute atomic E-state index is 13.0. The third-order valence-electron chi connectivity index (χ3n) is 5.45. The number of unbranched alkanes of at least 4 members (excludes halogenated alkanes) is 1. The summed E-state index contributed by atoms with van der Waals surface area (Å²) in [7, 11) is 0. The molecule has 1 aromatic heterocycles. The molecule has 0 spiro atoms. The number of carbonyl (C=O) groups is 1. The van der Waals surface area contributed by atoms with E-state index in [1.54, 1.807) is 18.0 Å². The highest BCUT2D eigenvalue weighted by molar-refractivity contribution is 7.99. The Kier molecular flexibility index (Phi) is 8.31. The van der Waals surface area contributed by atoms with Crippen molar-refractivity contribution in [2.45, 2.75) is 36.9 Å². The van der Waals surface area contributed by atoms with Gasteiger partial charge in [-0.1, -0.05) is 66.7 Å². The van der Waals surface area contributed by atoms with Crippen LogP contribution >= 0.6 is 11.8 Å². The number of nitrogens with one attached hydrogen (secondary N) is 2. The zero-order chi connectivity index (χ0) is 22.0. The van der Waals surface area contributed by atoms with Gasteiger partial charge in [-0.2, -0.15) is 0 Å². The number of rotatable bonds is 10. The molecule has 2 N–H and O–H groups in total. The van der Waals surface area contributed by atoms with Gasteiger partial charge < -0.3 is 10.1 Å². The van der Waals surface area contributed by atoms with Crippen molar-refractivity contribution < 1.29 is 9.53 Å². The van der Waals surface area contributed by atoms with Gasteiger partial charge in [-0.05, 0) is 36.5 Å². The summed E-state index contributed by atoms with van der Waals surface area (Å²) in [6.07, 6.45) is 6.17. The van der Waals surface area contributed by atoms with Crippen molar-refractivity contribution in [2.24, 2.45) is 0 Å². The summed E-state index contributed by atoms with van der Waals surface area (Å²) in [6.45, 7) is 0.595. The van der Waals surface area contributed by atoms with Crippen LogP contribution in [0.15, 0.2) is 85.2 Å². The SMILES string of the molecule is O=C(NC(OCCCCc1ccccc1)c1ccccc1)C1CSC(c2cccnc2)N1. The van der Waals surface area contributed by atoms with E-state index in [0.717, 1.165) is 30.4 Å². The van der Waals surface area contributed by atoms with Gasteiger partial charge in [0.15, 0.2) is 6.23 Å². The van der Waals surface area contributed by atoms with Crippen LogP contribution in [-0.2, 0) is 16.0 Å². The Morgan fingerprint density at radius 2 is 1.84 bits per heavy atom. The number of pyridine rings is 1. The maximum atomic E-state index is 13.0. The van der Waals surface area contributed by atoms with E-state index in [9.17, 15) is 4.79 Å². The second kappa shape index (κ2) is 11.8. The minimum absolute atomic E-state index is 0.0398. The summed E-state index contributed by atoms with van der Waals surface area (Å²) in [6, 6.07) is 24.1. The molecule has 2 heterocycles. The minimum Gasteiger partial charge on any atom is -0.354 e. The zero-order valence-electron chi connectivity index (χ0n) is 18.0. The van der Waals surface area contributed by atoms with E-state index < -0.39 is 6.23 Å². The summed E-state index contributed by atoms with van der Waals surface area (Å²) in [4.78, 5) is 17.2. The topological polar surface area (TPSA) is 63.2 Å². The lowest BCUT2D eigenvalue weighted by Gasteiger charge is -2.22. The molecule has 0 saturated carbocycles. The molecular formula is C26H29N3O2S. The first kappa shape index (κ1) is 22.5. The summed E-state index contributed by atoms with van der Waals surface area (Å²) < 4.78 is 6.13. The number of aromatic nitrogens is 1. The van der Waals surface area contributed by atoms with Gasteiger partial charge in [0.05, 0.1) is 11.4 Å². The molecule has 4 rings (SSSR count). The second-order valence-electron chi connectivity index (χ2n) is 7.83. The fourth-order valence-electron chi connectivity index (χ4n) is 3.70. The normalized spacial score (nSPS) is 18.9. The average Bonchev–Trinajstić information content (AvgIpc) is 3.35. The van der Waals surface area contributed by atoms with E-state index in [4.69, 9.17) is 4.74 Å². The number of amides is 1. The average molecular weight is 448 g/mol. The molecule has 5 nitrogen and oxygen atoms in total. The molecule has 3 unspecified atom stereocenters. The number of hydrogen-bond donors (Lipinski definition) is 2. The zero-order valence-corrected chi connectivity index (χ0v) is 18.8. The monoisotopic (exact) mass is 447 g/mol. The lowest BCUT2D eigenvalue weighted by Crippen LogP contribution is -2.44. The van der Waals surface area contributed by atoms with E-state index in [2.05, 4.69) is 39.9 Å². The molecule has 32 heavy (non-hydrogen) atoms. The molecule has 6 heteroatoms. The highest BCUT2D eigenvalue weighted by Gasteiger charge is 2.32. The van der Waals surface area contributed by atoms with Crippen LogP contribution in [0.4, 0.5) is 0 Å².